The third-order valence-electron chi connectivity index (χ3n) is 5.81. The standard InChI is InChI=1S/C26H28N2O3S/c1-3-31-21-10-7-19(8-11-21)9-12-25(29)27-23-6-4-5-22(18(23)2)26(30)28-15-13-24-20(17-28)14-16-32-24/h4-8,10-11,14,16H,3,9,12-13,15,17H2,1-2H3,(H,27,29). The first-order chi connectivity index (χ1) is 15.5. The van der Waals surface area contributed by atoms with Crippen LogP contribution in [0, 0.1) is 6.92 Å². The van der Waals surface area contributed by atoms with E-state index in [9.17, 15) is 9.59 Å². The van der Waals surface area contributed by atoms with Crippen LogP contribution < -0.4 is 10.1 Å². The summed E-state index contributed by atoms with van der Waals surface area (Å²) < 4.78 is 5.46. The summed E-state index contributed by atoms with van der Waals surface area (Å²) >= 11 is 1.76. The maximum absolute atomic E-state index is 13.2. The van der Waals surface area contributed by atoms with Gasteiger partial charge in [0.1, 0.15) is 5.75 Å². The second-order valence-electron chi connectivity index (χ2n) is 7.95. The summed E-state index contributed by atoms with van der Waals surface area (Å²) in [5, 5.41) is 5.08. The number of amides is 2. The van der Waals surface area contributed by atoms with Crippen molar-refractivity contribution in [3.05, 3.63) is 81.0 Å². The molecule has 0 bridgehead atoms. The number of thiophene rings is 1. The van der Waals surface area contributed by atoms with Crippen molar-refractivity contribution in [1.82, 2.24) is 4.90 Å². The molecule has 1 N–H and O–H groups in total. The van der Waals surface area contributed by atoms with Gasteiger partial charge in [-0.3, -0.25) is 9.59 Å². The van der Waals surface area contributed by atoms with Crippen molar-refractivity contribution >= 4 is 28.8 Å². The van der Waals surface area contributed by atoms with Crippen molar-refractivity contribution in [1.29, 1.82) is 0 Å². The van der Waals surface area contributed by atoms with Gasteiger partial charge in [0.2, 0.25) is 5.91 Å². The molecule has 2 aromatic carbocycles. The number of fused-ring (bicyclic) bond motifs is 1. The number of nitrogens with one attached hydrogen (secondary N) is 1. The fourth-order valence-electron chi connectivity index (χ4n) is 3.98. The van der Waals surface area contributed by atoms with Crippen molar-refractivity contribution in [2.75, 3.05) is 18.5 Å². The van der Waals surface area contributed by atoms with Crippen LogP contribution in [-0.4, -0.2) is 29.9 Å². The highest BCUT2D eigenvalue weighted by atomic mass is 32.1. The molecule has 0 atom stereocenters. The summed E-state index contributed by atoms with van der Waals surface area (Å²) in [6, 6.07) is 15.5. The number of aryl methyl sites for hydroxylation is 1. The van der Waals surface area contributed by atoms with Gasteiger partial charge in [-0.2, -0.15) is 0 Å². The van der Waals surface area contributed by atoms with E-state index in [1.54, 1.807) is 11.3 Å². The van der Waals surface area contributed by atoms with Crippen LogP contribution in [0.1, 0.15) is 45.3 Å². The number of hydrogen-bond donors (Lipinski definition) is 1. The Kier molecular flexibility index (Phi) is 6.90. The van der Waals surface area contributed by atoms with Gasteiger partial charge in [-0.05, 0) is 79.1 Å². The highest BCUT2D eigenvalue weighted by molar-refractivity contribution is 7.10. The van der Waals surface area contributed by atoms with E-state index in [4.69, 9.17) is 4.74 Å². The van der Waals surface area contributed by atoms with Gasteiger partial charge in [-0.15, -0.1) is 11.3 Å². The van der Waals surface area contributed by atoms with Crippen LogP contribution >= 0.6 is 11.3 Å². The smallest absolute Gasteiger partial charge is 0.254 e. The summed E-state index contributed by atoms with van der Waals surface area (Å²) in [5.41, 5.74) is 4.48. The molecule has 0 saturated heterocycles. The molecule has 0 unspecified atom stereocenters. The van der Waals surface area contributed by atoms with E-state index in [0.29, 0.717) is 37.2 Å². The van der Waals surface area contributed by atoms with Crippen LogP contribution in [0.25, 0.3) is 0 Å². The predicted octanol–water partition coefficient (Wildman–Crippen LogP) is 5.23. The number of rotatable bonds is 7. The lowest BCUT2D eigenvalue weighted by Gasteiger charge is -2.28. The SMILES string of the molecule is CCOc1ccc(CCC(=O)Nc2cccc(C(=O)N3CCc4sccc4C3)c2C)cc1. The summed E-state index contributed by atoms with van der Waals surface area (Å²) in [6.45, 7) is 5.86. The second kappa shape index (κ2) is 10.0. The van der Waals surface area contributed by atoms with Crippen LogP contribution in [-0.2, 0) is 24.2 Å². The average molecular weight is 449 g/mol. The summed E-state index contributed by atoms with van der Waals surface area (Å²) in [6.07, 6.45) is 1.92. The van der Waals surface area contributed by atoms with Gasteiger partial charge in [0.25, 0.3) is 5.91 Å². The Bertz CT molecular complexity index is 1100. The molecule has 5 nitrogen and oxygen atoms in total. The largest absolute Gasteiger partial charge is 0.494 e. The van der Waals surface area contributed by atoms with E-state index >= 15 is 0 Å². The van der Waals surface area contributed by atoms with Gasteiger partial charge < -0.3 is 15.0 Å². The lowest BCUT2D eigenvalue weighted by Crippen LogP contribution is -2.35. The van der Waals surface area contributed by atoms with Gasteiger partial charge in [0.05, 0.1) is 6.61 Å². The number of hydrogen-bond acceptors (Lipinski definition) is 4. The van der Waals surface area contributed by atoms with Crippen molar-refractivity contribution < 1.29 is 14.3 Å². The number of carbonyl (C=O) groups excluding carboxylic acids is 2. The van der Waals surface area contributed by atoms with Gasteiger partial charge in [-0.1, -0.05) is 18.2 Å². The van der Waals surface area contributed by atoms with Gasteiger partial charge >= 0.3 is 0 Å². The number of ether oxygens (including phenoxy) is 1. The number of carbonyl (C=O) groups is 2. The summed E-state index contributed by atoms with van der Waals surface area (Å²) in [4.78, 5) is 29.0. The molecule has 1 aliphatic heterocycles. The van der Waals surface area contributed by atoms with E-state index in [-0.39, 0.29) is 11.8 Å². The van der Waals surface area contributed by atoms with Crippen LogP contribution in [0.15, 0.2) is 53.9 Å². The Morgan fingerprint density at radius 1 is 1.12 bits per heavy atom. The predicted molar refractivity (Wildman–Crippen MR) is 129 cm³/mol. The first-order valence-corrected chi connectivity index (χ1v) is 11.9. The van der Waals surface area contributed by atoms with Crippen molar-refractivity contribution in [3.8, 4) is 5.75 Å². The molecule has 2 heterocycles. The minimum absolute atomic E-state index is 0.0184. The highest BCUT2D eigenvalue weighted by Crippen LogP contribution is 2.27. The molecule has 0 radical (unpaired) electrons. The van der Waals surface area contributed by atoms with Crippen LogP contribution in [0.3, 0.4) is 0 Å². The fraction of sp³-hybridized carbons (Fsp3) is 0.308. The Labute approximate surface area is 193 Å². The van der Waals surface area contributed by atoms with E-state index in [1.807, 2.05) is 61.2 Å². The molecule has 1 aliphatic rings. The van der Waals surface area contributed by atoms with Crippen molar-refractivity contribution in [3.63, 3.8) is 0 Å². The van der Waals surface area contributed by atoms with Crippen LogP contribution in [0.5, 0.6) is 5.75 Å². The maximum atomic E-state index is 13.2. The van der Waals surface area contributed by atoms with E-state index in [1.165, 1.54) is 10.4 Å². The Hall–Kier alpha value is -3.12. The van der Waals surface area contributed by atoms with Crippen molar-refractivity contribution in [2.45, 2.75) is 39.7 Å². The van der Waals surface area contributed by atoms with E-state index < -0.39 is 0 Å². The molecule has 0 saturated carbocycles. The van der Waals surface area contributed by atoms with Gasteiger partial charge in [0.15, 0.2) is 0 Å². The Morgan fingerprint density at radius 3 is 2.72 bits per heavy atom. The van der Waals surface area contributed by atoms with Crippen LogP contribution in [0.2, 0.25) is 0 Å². The molecular formula is C26H28N2O3S. The molecule has 0 spiro atoms. The fourth-order valence-corrected chi connectivity index (χ4v) is 4.87. The normalized spacial score (nSPS) is 12.9. The second-order valence-corrected chi connectivity index (χ2v) is 8.95. The maximum Gasteiger partial charge on any atom is 0.254 e. The van der Waals surface area contributed by atoms with Gasteiger partial charge in [0, 0.05) is 35.6 Å². The molecule has 166 valence electrons. The lowest BCUT2D eigenvalue weighted by atomic mass is 10.0. The zero-order valence-electron chi connectivity index (χ0n) is 18.5. The first kappa shape index (κ1) is 22.1. The minimum Gasteiger partial charge on any atom is -0.494 e. The topological polar surface area (TPSA) is 58.6 Å². The van der Waals surface area contributed by atoms with Crippen LogP contribution in [0.4, 0.5) is 5.69 Å². The molecular weight excluding hydrogens is 420 g/mol. The third kappa shape index (κ3) is 5.02. The number of anilines is 1. The molecule has 2 amide bonds. The van der Waals surface area contributed by atoms with E-state index in [0.717, 1.165) is 29.8 Å². The number of nitrogens with zero attached hydrogens (tertiary/aromatic N) is 1. The Balaban J connectivity index is 1.37. The third-order valence-corrected chi connectivity index (χ3v) is 6.83. The summed E-state index contributed by atoms with van der Waals surface area (Å²) in [5.74, 6) is 0.791. The molecule has 32 heavy (non-hydrogen) atoms. The summed E-state index contributed by atoms with van der Waals surface area (Å²) in [7, 11) is 0. The zero-order chi connectivity index (χ0) is 22.5. The monoisotopic (exact) mass is 448 g/mol. The minimum atomic E-state index is -0.0625. The average Bonchev–Trinajstić information content (AvgIpc) is 3.28. The molecule has 1 aromatic heterocycles. The number of benzene rings is 2. The molecule has 6 heteroatoms. The first-order valence-electron chi connectivity index (χ1n) is 11.0. The van der Waals surface area contributed by atoms with E-state index in [2.05, 4.69) is 16.8 Å². The molecule has 0 aliphatic carbocycles. The highest BCUT2D eigenvalue weighted by Gasteiger charge is 2.24. The Morgan fingerprint density at radius 2 is 1.94 bits per heavy atom. The quantitative estimate of drug-likeness (QED) is 0.539. The molecule has 0 fully saturated rings. The zero-order valence-corrected chi connectivity index (χ0v) is 19.3. The molecule has 4 rings (SSSR count). The van der Waals surface area contributed by atoms with Gasteiger partial charge in [-0.25, -0.2) is 0 Å². The molecule has 3 aromatic rings. The lowest BCUT2D eigenvalue weighted by molar-refractivity contribution is -0.116. The van der Waals surface area contributed by atoms with Crippen molar-refractivity contribution in [2.24, 2.45) is 0 Å².